The zero-order valence-corrected chi connectivity index (χ0v) is 11.7. The Morgan fingerprint density at radius 2 is 1.81 bits per heavy atom. The first-order valence-corrected chi connectivity index (χ1v) is 6.95. The Hall–Kier alpha value is -1.97. The van der Waals surface area contributed by atoms with Crippen LogP contribution in [0.15, 0.2) is 42.5 Å². The van der Waals surface area contributed by atoms with E-state index in [0.717, 1.165) is 29.8 Å². The molecule has 0 N–H and O–H groups in total. The van der Waals surface area contributed by atoms with Crippen molar-refractivity contribution in [2.75, 3.05) is 11.4 Å². The number of aryl methyl sites for hydroxylation is 1. The molecule has 2 aromatic rings. The summed E-state index contributed by atoms with van der Waals surface area (Å²) in [5, 5.41) is 0. The van der Waals surface area contributed by atoms with Gasteiger partial charge < -0.3 is 4.90 Å². The highest BCUT2D eigenvalue weighted by molar-refractivity contribution is 5.62. The standard InChI is InChI=1S/C17H16F3N/c1-12-9-14-7-8-21(11-13-5-3-2-4-6-13)16(14)10-15(12)17(18,19)20/h2-6,9-10H,7-8,11H2,1H3. The molecule has 0 fully saturated rings. The van der Waals surface area contributed by atoms with Crippen molar-refractivity contribution in [3.8, 4) is 0 Å². The summed E-state index contributed by atoms with van der Waals surface area (Å²) >= 11 is 0. The number of anilines is 1. The van der Waals surface area contributed by atoms with Gasteiger partial charge in [-0.1, -0.05) is 36.4 Å². The molecular formula is C17H16F3N. The maximum absolute atomic E-state index is 13.1. The number of fused-ring (bicyclic) bond motifs is 1. The maximum atomic E-state index is 13.1. The van der Waals surface area contributed by atoms with Gasteiger partial charge in [0.15, 0.2) is 0 Å². The molecule has 21 heavy (non-hydrogen) atoms. The first-order valence-electron chi connectivity index (χ1n) is 6.95. The van der Waals surface area contributed by atoms with E-state index in [-0.39, 0.29) is 0 Å². The van der Waals surface area contributed by atoms with Crippen molar-refractivity contribution < 1.29 is 13.2 Å². The van der Waals surface area contributed by atoms with Gasteiger partial charge in [-0.2, -0.15) is 13.2 Å². The molecule has 1 aliphatic heterocycles. The Balaban J connectivity index is 1.94. The second kappa shape index (κ2) is 5.10. The van der Waals surface area contributed by atoms with Crippen LogP contribution in [0.5, 0.6) is 0 Å². The van der Waals surface area contributed by atoms with Crippen molar-refractivity contribution in [3.05, 3.63) is 64.7 Å². The Kier molecular flexibility index (Phi) is 3.40. The minimum Gasteiger partial charge on any atom is -0.367 e. The predicted octanol–water partition coefficient (Wildman–Crippen LogP) is 4.58. The van der Waals surface area contributed by atoms with Crippen LogP contribution >= 0.6 is 0 Å². The molecule has 0 aliphatic carbocycles. The van der Waals surface area contributed by atoms with E-state index in [2.05, 4.69) is 0 Å². The fraction of sp³-hybridized carbons (Fsp3) is 0.294. The topological polar surface area (TPSA) is 3.24 Å². The van der Waals surface area contributed by atoms with Crippen LogP contribution in [0.4, 0.5) is 18.9 Å². The molecule has 0 saturated heterocycles. The van der Waals surface area contributed by atoms with Crippen molar-refractivity contribution in [1.29, 1.82) is 0 Å². The third kappa shape index (κ3) is 2.75. The van der Waals surface area contributed by atoms with E-state index in [1.807, 2.05) is 35.2 Å². The molecule has 1 nitrogen and oxygen atoms in total. The highest BCUT2D eigenvalue weighted by Gasteiger charge is 2.34. The van der Waals surface area contributed by atoms with Crippen LogP contribution in [0.1, 0.15) is 22.3 Å². The number of benzene rings is 2. The maximum Gasteiger partial charge on any atom is 0.416 e. The second-order valence-electron chi connectivity index (χ2n) is 5.45. The number of alkyl halides is 3. The fourth-order valence-electron chi connectivity index (χ4n) is 2.90. The highest BCUT2D eigenvalue weighted by atomic mass is 19.4. The summed E-state index contributed by atoms with van der Waals surface area (Å²) in [4.78, 5) is 2.03. The molecule has 1 aliphatic rings. The molecule has 2 aromatic carbocycles. The Bertz CT molecular complexity index is 647. The molecule has 0 aromatic heterocycles. The molecule has 0 radical (unpaired) electrons. The van der Waals surface area contributed by atoms with Crippen molar-refractivity contribution >= 4 is 5.69 Å². The largest absolute Gasteiger partial charge is 0.416 e. The van der Waals surface area contributed by atoms with Crippen molar-refractivity contribution in [1.82, 2.24) is 0 Å². The van der Waals surface area contributed by atoms with Gasteiger partial charge in [-0.25, -0.2) is 0 Å². The monoisotopic (exact) mass is 291 g/mol. The van der Waals surface area contributed by atoms with Gasteiger partial charge in [-0.3, -0.25) is 0 Å². The molecule has 1 heterocycles. The Morgan fingerprint density at radius 3 is 2.48 bits per heavy atom. The third-order valence-corrected chi connectivity index (χ3v) is 3.94. The number of nitrogens with zero attached hydrogens (tertiary/aromatic N) is 1. The van der Waals surface area contributed by atoms with E-state index in [1.165, 1.54) is 13.0 Å². The van der Waals surface area contributed by atoms with Gasteiger partial charge in [0.05, 0.1) is 5.56 Å². The first kappa shape index (κ1) is 14.0. The van der Waals surface area contributed by atoms with Crippen LogP contribution in [0.3, 0.4) is 0 Å². The average Bonchev–Trinajstić information content (AvgIpc) is 2.80. The van der Waals surface area contributed by atoms with Crippen molar-refractivity contribution in [2.45, 2.75) is 26.1 Å². The van der Waals surface area contributed by atoms with E-state index < -0.39 is 11.7 Å². The van der Waals surface area contributed by atoms with Crippen LogP contribution in [0, 0.1) is 6.92 Å². The first-order chi connectivity index (χ1) is 9.95. The van der Waals surface area contributed by atoms with Crippen molar-refractivity contribution in [2.24, 2.45) is 0 Å². The van der Waals surface area contributed by atoms with Gasteiger partial charge in [0.1, 0.15) is 0 Å². The van der Waals surface area contributed by atoms with Crippen LogP contribution in [0.25, 0.3) is 0 Å². The smallest absolute Gasteiger partial charge is 0.367 e. The van der Waals surface area contributed by atoms with E-state index >= 15 is 0 Å². The van der Waals surface area contributed by atoms with E-state index in [4.69, 9.17) is 0 Å². The lowest BCUT2D eigenvalue weighted by Gasteiger charge is -2.21. The Morgan fingerprint density at radius 1 is 1.10 bits per heavy atom. The second-order valence-corrected chi connectivity index (χ2v) is 5.45. The van der Waals surface area contributed by atoms with Crippen LogP contribution < -0.4 is 4.90 Å². The summed E-state index contributed by atoms with van der Waals surface area (Å²) in [6.45, 7) is 2.95. The zero-order chi connectivity index (χ0) is 15.0. The molecule has 0 unspecified atom stereocenters. The normalized spacial score (nSPS) is 14.4. The van der Waals surface area contributed by atoms with Gasteiger partial charge in [-0.05, 0) is 36.1 Å². The quantitative estimate of drug-likeness (QED) is 0.783. The number of rotatable bonds is 2. The van der Waals surface area contributed by atoms with E-state index in [1.54, 1.807) is 6.07 Å². The highest BCUT2D eigenvalue weighted by Crippen LogP contribution is 2.38. The summed E-state index contributed by atoms with van der Waals surface area (Å²) in [5.74, 6) is 0. The fourth-order valence-corrected chi connectivity index (χ4v) is 2.90. The summed E-state index contributed by atoms with van der Waals surface area (Å²) in [6, 6.07) is 12.8. The van der Waals surface area contributed by atoms with Gasteiger partial charge in [0.25, 0.3) is 0 Å². The molecule has 0 saturated carbocycles. The number of halogens is 3. The van der Waals surface area contributed by atoms with Gasteiger partial charge in [0, 0.05) is 18.8 Å². The van der Waals surface area contributed by atoms with Crippen LogP contribution in [-0.4, -0.2) is 6.54 Å². The van der Waals surface area contributed by atoms with Gasteiger partial charge >= 0.3 is 6.18 Å². The third-order valence-electron chi connectivity index (χ3n) is 3.94. The molecular weight excluding hydrogens is 275 g/mol. The van der Waals surface area contributed by atoms with Crippen LogP contribution in [-0.2, 0) is 19.1 Å². The zero-order valence-electron chi connectivity index (χ0n) is 11.7. The average molecular weight is 291 g/mol. The molecule has 110 valence electrons. The van der Waals surface area contributed by atoms with E-state index in [0.29, 0.717) is 12.1 Å². The summed E-state index contributed by atoms with van der Waals surface area (Å²) in [7, 11) is 0. The molecule has 0 amide bonds. The molecule has 0 atom stereocenters. The SMILES string of the molecule is Cc1cc2c(cc1C(F)(F)F)N(Cc1ccccc1)CC2. The lowest BCUT2D eigenvalue weighted by atomic mass is 10.0. The number of hydrogen-bond acceptors (Lipinski definition) is 1. The molecule has 0 spiro atoms. The summed E-state index contributed by atoms with van der Waals surface area (Å²) < 4.78 is 39.2. The molecule has 0 bridgehead atoms. The number of hydrogen-bond donors (Lipinski definition) is 0. The lowest BCUT2D eigenvalue weighted by molar-refractivity contribution is -0.138. The van der Waals surface area contributed by atoms with Gasteiger partial charge in [0.2, 0.25) is 0 Å². The van der Waals surface area contributed by atoms with Gasteiger partial charge in [-0.15, -0.1) is 0 Å². The Labute approximate surface area is 122 Å². The minimum atomic E-state index is -4.29. The molecule has 4 heteroatoms. The predicted molar refractivity (Wildman–Crippen MR) is 77.4 cm³/mol. The van der Waals surface area contributed by atoms with Crippen LogP contribution in [0.2, 0.25) is 0 Å². The summed E-state index contributed by atoms with van der Waals surface area (Å²) in [6.07, 6.45) is -3.48. The van der Waals surface area contributed by atoms with Crippen molar-refractivity contribution in [3.63, 3.8) is 0 Å². The lowest BCUT2D eigenvalue weighted by Crippen LogP contribution is -2.20. The van der Waals surface area contributed by atoms with E-state index in [9.17, 15) is 13.2 Å². The summed E-state index contributed by atoms with van der Waals surface area (Å²) in [5.41, 5.74) is 2.62. The minimum absolute atomic E-state index is 0.308. The molecule has 3 rings (SSSR count).